The molecular weight excluding hydrogens is 456 g/mol. The van der Waals surface area contributed by atoms with Crippen molar-refractivity contribution in [2.75, 3.05) is 4.43 Å². The fraction of sp³-hybridized carbons (Fsp3) is 1.00. The summed E-state index contributed by atoms with van der Waals surface area (Å²) in [6.45, 7) is 0. The molecule has 0 rings (SSSR count). The molecule has 0 saturated carbocycles. The molecule has 0 aromatic heterocycles. The Bertz CT molecular complexity index is 328. The first-order valence-electron chi connectivity index (χ1n) is 5.65. The van der Waals surface area contributed by atoms with Gasteiger partial charge in [-0.2, -0.15) is 39.5 Å². The molecular formula is C10H10F11I. The SMILES string of the molecule is FC(CC(CCI)CC(F)(C(F)(F)F)C(F)(F)F)C(F)(F)F. The highest BCUT2D eigenvalue weighted by molar-refractivity contribution is 14.1. The van der Waals surface area contributed by atoms with Gasteiger partial charge in [0.25, 0.3) is 5.67 Å². The lowest BCUT2D eigenvalue weighted by Gasteiger charge is -2.33. The summed E-state index contributed by atoms with van der Waals surface area (Å²) in [5.74, 6) is -2.07. The second-order valence-electron chi connectivity index (χ2n) is 4.59. The van der Waals surface area contributed by atoms with Gasteiger partial charge in [0.15, 0.2) is 6.17 Å². The maximum atomic E-state index is 13.5. The number of hydrogen-bond acceptors (Lipinski definition) is 0. The summed E-state index contributed by atoms with van der Waals surface area (Å²) in [5, 5.41) is 0. The number of rotatable bonds is 6. The normalized spacial score (nSPS) is 17.5. The molecule has 0 nitrogen and oxygen atoms in total. The van der Waals surface area contributed by atoms with Crippen LogP contribution in [0.25, 0.3) is 0 Å². The van der Waals surface area contributed by atoms with Gasteiger partial charge < -0.3 is 0 Å². The summed E-state index contributed by atoms with van der Waals surface area (Å²) in [6.07, 6.45) is -26.4. The highest BCUT2D eigenvalue weighted by atomic mass is 127. The van der Waals surface area contributed by atoms with Crippen molar-refractivity contribution in [3.8, 4) is 0 Å². The van der Waals surface area contributed by atoms with E-state index in [0.717, 1.165) is 0 Å². The molecule has 0 amide bonds. The third-order valence-electron chi connectivity index (χ3n) is 2.88. The molecule has 0 spiro atoms. The van der Waals surface area contributed by atoms with Crippen molar-refractivity contribution in [1.82, 2.24) is 0 Å². The summed E-state index contributed by atoms with van der Waals surface area (Å²) < 4.78 is 136. The standard InChI is InChI=1S/C10H10F11I/c11-6(8(13,14)15)3-5(1-2-22)4-7(12,9(16,17)18)10(19,20)21/h5-6H,1-4H2. The third kappa shape index (κ3) is 5.55. The summed E-state index contributed by atoms with van der Waals surface area (Å²) in [5.41, 5.74) is -5.68. The Morgan fingerprint density at radius 3 is 1.45 bits per heavy atom. The topological polar surface area (TPSA) is 0 Å². The minimum absolute atomic E-state index is 0.154. The predicted octanol–water partition coefficient (Wildman–Crippen LogP) is 5.94. The van der Waals surface area contributed by atoms with Gasteiger partial charge in [-0.05, 0) is 23.2 Å². The summed E-state index contributed by atoms with van der Waals surface area (Å²) >= 11 is 1.48. The molecule has 0 aliphatic rings. The van der Waals surface area contributed by atoms with Crippen LogP contribution < -0.4 is 0 Å². The van der Waals surface area contributed by atoms with Gasteiger partial charge in [-0.1, -0.05) is 22.6 Å². The zero-order chi connectivity index (χ0) is 18.0. The van der Waals surface area contributed by atoms with Crippen LogP contribution in [0.3, 0.4) is 0 Å². The van der Waals surface area contributed by atoms with Gasteiger partial charge in [-0.3, -0.25) is 0 Å². The van der Waals surface area contributed by atoms with E-state index in [1.54, 1.807) is 0 Å². The van der Waals surface area contributed by atoms with E-state index in [1.807, 2.05) is 0 Å². The van der Waals surface area contributed by atoms with Crippen molar-refractivity contribution in [2.45, 2.75) is 49.6 Å². The molecule has 0 heterocycles. The molecule has 0 N–H and O–H groups in total. The van der Waals surface area contributed by atoms with Gasteiger partial charge >= 0.3 is 18.5 Å². The van der Waals surface area contributed by atoms with Crippen LogP contribution in [-0.4, -0.2) is 34.8 Å². The zero-order valence-corrected chi connectivity index (χ0v) is 12.7. The fourth-order valence-corrected chi connectivity index (χ4v) is 2.55. The van der Waals surface area contributed by atoms with E-state index in [0.29, 0.717) is 0 Å². The summed E-state index contributed by atoms with van der Waals surface area (Å²) in [6, 6.07) is 0. The second-order valence-corrected chi connectivity index (χ2v) is 5.67. The minimum atomic E-state index is -6.36. The van der Waals surface area contributed by atoms with Crippen LogP contribution in [0.5, 0.6) is 0 Å². The highest BCUT2D eigenvalue weighted by Gasteiger charge is 2.72. The summed E-state index contributed by atoms with van der Waals surface area (Å²) in [4.78, 5) is 0. The van der Waals surface area contributed by atoms with E-state index in [4.69, 9.17) is 0 Å². The van der Waals surface area contributed by atoms with E-state index < -0.39 is 55.5 Å². The lowest BCUT2D eigenvalue weighted by atomic mass is 9.85. The summed E-state index contributed by atoms with van der Waals surface area (Å²) in [7, 11) is 0. The molecule has 0 fully saturated rings. The quantitative estimate of drug-likeness (QED) is 0.258. The van der Waals surface area contributed by atoms with Crippen LogP contribution in [0.1, 0.15) is 19.3 Å². The van der Waals surface area contributed by atoms with Crippen LogP contribution in [-0.2, 0) is 0 Å². The van der Waals surface area contributed by atoms with Crippen LogP contribution in [0.2, 0.25) is 0 Å². The van der Waals surface area contributed by atoms with Crippen LogP contribution >= 0.6 is 22.6 Å². The van der Waals surface area contributed by atoms with Crippen LogP contribution in [0.4, 0.5) is 48.3 Å². The highest BCUT2D eigenvalue weighted by Crippen LogP contribution is 2.51. The molecule has 0 aromatic rings. The first kappa shape index (κ1) is 22.0. The molecule has 2 atom stereocenters. The Kier molecular flexibility index (Phi) is 7.23. The molecule has 22 heavy (non-hydrogen) atoms. The van der Waals surface area contributed by atoms with Gasteiger partial charge in [0.2, 0.25) is 0 Å². The largest absolute Gasteiger partial charge is 0.431 e. The van der Waals surface area contributed by atoms with Crippen molar-refractivity contribution in [3.05, 3.63) is 0 Å². The van der Waals surface area contributed by atoms with E-state index in [9.17, 15) is 48.3 Å². The van der Waals surface area contributed by atoms with E-state index in [2.05, 4.69) is 0 Å². The van der Waals surface area contributed by atoms with Crippen molar-refractivity contribution in [1.29, 1.82) is 0 Å². The Morgan fingerprint density at radius 2 is 1.18 bits per heavy atom. The van der Waals surface area contributed by atoms with Crippen molar-refractivity contribution in [2.24, 2.45) is 5.92 Å². The van der Waals surface area contributed by atoms with Crippen molar-refractivity contribution in [3.63, 3.8) is 0 Å². The van der Waals surface area contributed by atoms with Gasteiger partial charge in [-0.25, -0.2) is 8.78 Å². The Balaban J connectivity index is 5.35. The number of halogens is 12. The molecule has 0 saturated heterocycles. The number of hydrogen-bond donors (Lipinski definition) is 0. The van der Waals surface area contributed by atoms with Gasteiger partial charge in [0.1, 0.15) is 0 Å². The molecule has 0 aromatic carbocycles. The second kappa shape index (κ2) is 7.24. The maximum absolute atomic E-state index is 13.5. The van der Waals surface area contributed by atoms with Crippen LogP contribution in [0.15, 0.2) is 0 Å². The predicted molar refractivity (Wildman–Crippen MR) is 63.1 cm³/mol. The number of alkyl halides is 12. The Hall–Kier alpha value is -0.0400. The molecule has 0 aliphatic heterocycles. The average Bonchev–Trinajstić information content (AvgIpc) is 2.24. The van der Waals surface area contributed by atoms with Gasteiger partial charge in [0, 0.05) is 6.42 Å². The first-order chi connectivity index (χ1) is 9.56. The molecule has 12 heteroatoms. The Labute approximate surface area is 131 Å². The zero-order valence-electron chi connectivity index (χ0n) is 10.5. The fourth-order valence-electron chi connectivity index (χ4n) is 1.67. The maximum Gasteiger partial charge on any atom is 0.431 e. The Morgan fingerprint density at radius 1 is 0.773 bits per heavy atom. The van der Waals surface area contributed by atoms with E-state index >= 15 is 0 Å². The van der Waals surface area contributed by atoms with Gasteiger partial charge in [-0.15, -0.1) is 0 Å². The average molecular weight is 466 g/mol. The molecule has 0 radical (unpaired) electrons. The third-order valence-corrected chi connectivity index (χ3v) is 3.50. The smallest absolute Gasteiger partial charge is 0.237 e. The minimum Gasteiger partial charge on any atom is -0.237 e. The van der Waals surface area contributed by atoms with Crippen LogP contribution in [0, 0.1) is 5.92 Å². The lowest BCUT2D eigenvalue weighted by Crippen LogP contribution is -2.54. The molecule has 134 valence electrons. The molecule has 2 unspecified atom stereocenters. The van der Waals surface area contributed by atoms with E-state index in [-0.39, 0.29) is 4.43 Å². The van der Waals surface area contributed by atoms with Gasteiger partial charge in [0.05, 0.1) is 0 Å². The van der Waals surface area contributed by atoms with Crippen molar-refractivity contribution >= 4 is 22.6 Å². The lowest BCUT2D eigenvalue weighted by molar-refractivity contribution is -0.346. The molecule has 0 bridgehead atoms. The monoisotopic (exact) mass is 466 g/mol. The first-order valence-corrected chi connectivity index (χ1v) is 7.18. The van der Waals surface area contributed by atoms with Crippen molar-refractivity contribution < 1.29 is 48.3 Å². The van der Waals surface area contributed by atoms with E-state index in [1.165, 1.54) is 22.6 Å². The molecule has 0 aliphatic carbocycles.